The molecule has 4 heteroatoms. The zero-order valence-electron chi connectivity index (χ0n) is 16.2. The van der Waals surface area contributed by atoms with Crippen molar-refractivity contribution >= 4 is 23.2 Å². The quantitative estimate of drug-likeness (QED) is 0.595. The maximum atomic E-state index is 11.6. The molecule has 1 aliphatic carbocycles. The summed E-state index contributed by atoms with van der Waals surface area (Å²) >= 11 is 12.4. The van der Waals surface area contributed by atoms with Gasteiger partial charge in [0.2, 0.25) is 0 Å². The molecular formula is C23H29Cl2NO. The molecule has 2 aromatic carbocycles. The van der Waals surface area contributed by atoms with Crippen LogP contribution in [0.15, 0.2) is 48.5 Å². The lowest BCUT2D eigenvalue weighted by atomic mass is 9.70. The van der Waals surface area contributed by atoms with Gasteiger partial charge in [0, 0.05) is 12.0 Å². The minimum absolute atomic E-state index is 0.0841. The molecule has 0 heterocycles. The van der Waals surface area contributed by atoms with E-state index in [0.29, 0.717) is 10.0 Å². The molecule has 2 atom stereocenters. The van der Waals surface area contributed by atoms with E-state index in [-0.39, 0.29) is 12.0 Å². The van der Waals surface area contributed by atoms with Crippen LogP contribution < -0.4 is 0 Å². The Hall–Kier alpha value is -1.06. The fourth-order valence-corrected chi connectivity index (χ4v) is 4.76. The third-order valence-corrected chi connectivity index (χ3v) is 6.72. The molecule has 0 aliphatic heterocycles. The summed E-state index contributed by atoms with van der Waals surface area (Å²) in [5.41, 5.74) is 1.70. The van der Waals surface area contributed by atoms with Crippen LogP contribution in [0.5, 0.6) is 0 Å². The van der Waals surface area contributed by atoms with Crippen molar-refractivity contribution in [2.75, 3.05) is 14.1 Å². The summed E-state index contributed by atoms with van der Waals surface area (Å²) < 4.78 is 0. The fraction of sp³-hybridized carbons (Fsp3) is 0.478. The Morgan fingerprint density at radius 1 is 0.926 bits per heavy atom. The van der Waals surface area contributed by atoms with Crippen molar-refractivity contribution < 1.29 is 5.11 Å². The van der Waals surface area contributed by atoms with Gasteiger partial charge in [-0.05, 0) is 56.6 Å². The van der Waals surface area contributed by atoms with Gasteiger partial charge in [0.1, 0.15) is 0 Å². The average Bonchev–Trinajstić information content (AvgIpc) is 2.66. The number of aliphatic hydroxyl groups is 1. The van der Waals surface area contributed by atoms with Gasteiger partial charge in [-0.3, -0.25) is 0 Å². The molecule has 3 rings (SSSR count). The SMILES string of the molecule is CN(C)C(CC(c1ccccc1)C1(O)CCCCC1)c1ccc(Cl)c(Cl)c1. The zero-order valence-corrected chi connectivity index (χ0v) is 17.7. The van der Waals surface area contributed by atoms with Gasteiger partial charge in [-0.2, -0.15) is 0 Å². The summed E-state index contributed by atoms with van der Waals surface area (Å²) in [5.74, 6) is 0.0841. The van der Waals surface area contributed by atoms with Crippen LogP contribution in [0, 0.1) is 0 Å². The van der Waals surface area contributed by atoms with Crippen molar-refractivity contribution in [1.82, 2.24) is 4.90 Å². The highest BCUT2D eigenvalue weighted by molar-refractivity contribution is 6.42. The Kier molecular flexibility index (Phi) is 6.86. The van der Waals surface area contributed by atoms with E-state index in [2.05, 4.69) is 43.3 Å². The number of halogens is 2. The van der Waals surface area contributed by atoms with Crippen molar-refractivity contribution in [2.45, 2.75) is 56.1 Å². The van der Waals surface area contributed by atoms with Crippen LogP contribution in [0.1, 0.15) is 61.6 Å². The van der Waals surface area contributed by atoms with Crippen molar-refractivity contribution in [3.8, 4) is 0 Å². The van der Waals surface area contributed by atoms with E-state index >= 15 is 0 Å². The summed E-state index contributed by atoms with van der Waals surface area (Å²) in [7, 11) is 4.17. The van der Waals surface area contributed by atoms with Gasteiger partial charge < -0.3 is 10.0 Å². The van der Waals surface area contributed by atoms with Gasteiger partial charge in [0.25, 0.3) is 0 Å². The Morgan fingerprint density at radius 2 is 1.59 bits per heavy atom. The number of hydrogen-bond donors (Lipinski definition) is 1. The van der Waals surface area contributed by atoms with E-state index in [1.54, 1.807) is 0 Å². The number of nitrogens with zero attached hydrogens (tertiary/aromatic N) is 1. The van der Waals surface area contributed by atoms with Gasteiger partial charge >= 0.3 is 0 Å². The standard InChI is InChI=1S/C23H29Cl2NO/c1-26(2)22(18-11-12-20(24)21(25)15-18)16-19(17-9-5-3-6-10-17)23(27)13-7-4-8-14-23/h3,5-6,9-12,15,19,22,27H,4,7-8,13-14,16H2,1-2H3. The van der Waals surface area contributed by atoms with Crippen LogP contribution in [0.25, 0.3) is 0 Å². The lowest BCUT2D eigenvalue weighted by Gasteiger charge is -2.42. The molecule has 0 spiro atoms. The second-order valence-corrected chi connectivity index (χ2v) is 8.83. The van der Waals surface area contributed by atoms with Crippen molar-refractivity contribution in [2.24, 2.45) is 0 Å². The Balaban J connectivity index is 1.96. The summed E-state index contributed by atoms with van der Waals surface area (Å²) in [6.07, 6.45) is 5.99. The van der Waals surface area contributed by atoms with Crippen LogP contribution in [0.2, 0.25) is 10.0 Å². The van der Waals surface area contributed by atoms with Crippen LogP contribution in [-0.2, 0) is 0 Å². The normalized spacial score (nSPS) is 19.0. The van der Waals surface area contributed by atoms with Crippen molar-refractivity contribution in [1.29, 1.82) is 0 Å². The van der Waals surface area contributed by atoms with Gasteiger partial charge in [-0.15, -0.1) is 0 Å². The Labute approximate surface area is 173 Å². The molecule has 2 nitrogen and oxygen atoms in total. The molecule has 0 bridgehead atoms. The van der Waals surface area contributed by atoms with E-state index in [1.165, 1.54) is 12.0 Å². The minimum atomic E-state index is -0.649. The first-order chi connectivity index (χ1) is 12.9. The molecule has 1 saturated carbocycles. The lowest BCUT2D eigenvalue weighted by Crippen LogP contribution is -2.40. The van der Waals surface area contributed by atoms with E-state index in [9.17, 15) is 5.11 Å². The summed E-state index contributed by atoms with van der Waals surface area (Å²) in [6, 6.07) is 16.5. The monoisotopic (exact) mass is 405 g/mol. The highest BCUT2D eigenvalue weighted by Gasteiger charge is 2.40. The molecule has 2 unspecified atom stereocenters. The summed E-state index contributed by atoms with van der Waals surface area (Å²) in [5, 5.41) is 12.7. The maximum absolute atomic E-state index is 11.6. The topological polar surface area (TPSA) is 23.5 Å². The first kappa shape index (κ1) is 20.7. The van der Waals surface area contributed by atoms with Crippen LogP contribution >= 0.6 is 23.2 Å². The second kappa shape index (κ2) is 8.96. The van der Waals surface area contributed by atoms with Gasteiger partial charge in [0.15, 0.2) is 0 Å². The molecule has 0 amide bonds. The molecule has 1 N–H and O–H groups in total. The van der Waals surface area contributed by atoms with Crippen LogP contribution in [0.4, 0.5) is 0 Å². The zero-order chi connectivity index (χ0) is 19.4. The van der Waals surface area contributed by atoms with E-state index in [1.807, 2.05) is 24.3 Å². The Bertz CT molecular complexity index is 741. The van der Waals surface area contributed by atoms with Crippen LogP contribution in [0.3, 0.4) is 0 Å². The molecule has 1 aliphatic rings. The highest BCUT2D eigenvalue weighted by atomic mass is 35.5. The molecule has 0 saturated heterocycles. The predicted octanol–water partition coefficient (Wildman–Crippen LogP) is 6.47. The molecular weight excluding hydrogens is 377 g/mol. The van der Waals surface area contributed by atoms with E-state index in [0.717, 1.165) is 37.7 Å². The fourth-order valence-electron chi connectivity index (χ4n) is 4.45. The third-order valence-electron chi connectivity index (χ3n) is 5.98. The van der Waals surface area contributed by atoms with Gasteiger partial charge in [-0.25, -0.2) is 0 Å². The van der Waals surface area contributed by atoms with Gasteiger partial charge in [0.05, 0.1) is 15.6 Å². The molecule has 0 radical (unpaired) electrons. The lowest BCUT2D eigenvalue weighted by molar-refractivity contribution is -0.0298. The second-order valence-electron chi connectivity index (χ2n) is 8.02. The number of rotatable bonds is 6. The average molecular weight is 406 g/mol. The largest absolute Gasteiger partial charge is 0.389 e. The minimum Gasteiger partial charge on any atom is -0.389 e. The van der Waals surface area contributed by atoms with Crippen molar-refractivity contribution in [3.63, 3.8) is 0 Å². The summed E-state index contributed by atoms with van der Waals surface area (Å²) in [4.78, 5) is 2.21. The summed E-state index contributed by atoms with van der Waals surface area (Å²) in [6.45, 7) is 0. The van der Waals surface area contributed by atoms with E-state index in [4.69, 9.17) is 23.2 Å². The first-order valence-corrected chi connectivity index (χ1v) is 10.5. The highest BCUT2D eigenvalue weighted by Crippen LogP contribution is 2.45. The third kappa shape index (κ3) is 4.86. The molecule has 0 aromatic heterocycles. The first-order valence-electron chi connectivity index (χ1n) is 9.79. The molecule has 27 heavy (non-hydrogen) atoms. The smallest absolute Gasteiger partial charge is 0.0716 e. The van der Waals surface area contributed by atoms with Crippen LogP contribution in [-0.4, -0.2) is 29.7 Å². The molecule has 1 fully saturated rings. The molecule has 2 aromatic rings. The van der Waals surface area contributed by atoms with Gasteiger partial charge in [-0.1, -0.05) is 78.9 Å². The number of hydrogen-bond acceptors (Lipinski definition) is 2. The van der Waals surface area contributed by atoms with Crippen molar-refractivity contribution in [3.05, 3.63) is 69.7 Å². The maximum Gasteiger partial charge on any atom is 0.0716 e. The Morgan fingerprint density at radius 3 is 2.19 bits per heavy atom. The number of benzene rings is 2. The molecule has 146 valence electrons. The predicted molar refractivity (Wildman–Crippen MR) is 115 cm³/mol. The van der Waals surface area contributed by atoms with E-state index < -0.39 is 5.60 Å².